The first kappa shape index (κ1) is 27.3. The highest BCUT2D eigenvalue weighted by molar-refractivity contribution is 5.86. The lowest BCUT2D eigenvalue weighted by molar-refractivity contribution is -0.121. The van der Waals surface area contributed by atoms with E-state index in [1.807, 2.05) is 42.6 Å². The molecule has 1 aromatic heterocycles. The summed E-state index contributed by atoms with van der Waals surface area (Å²) in [4.78, 5) is 21.2. The van der Waals surface area contributed by atoms with Gasteiger partial charge in [0.1, 0.15) is 5.82 Å². The third-order valence-electron chi connectivity index (χ3n) is 4.80. The topological polar surface area (TPSA) is 74.5 Å². The summed E-state index contributed by atoms with van der Waals surface area (Å²) in [5.74, 6) is 1.03. The molecule has 0 aliphatic carbocycles. The fraction of sp³-hybridized carbons (Fsp3) is 0.400. The van der Waals surface area contributed by atoms with Gasteiger partial charge in [-0.05, 0) is 36.7 Å². The van der Waals surface area contributed by atoms with Gasteiger partial charge in [0.15, 0.2) is 0 Å². The van der Waals surface area contributed by atoms with E-state index in [4.69, 9.17) is 5.73 Å². The van der Waals surface area contributed by atoms with Crippen LogP contribution in [0.5, 0.6) is 0 Å². The maximum Gasteiger partial charge on any atom is 0.220 e. The molecule has 0 bridgehead atoms. The summed E-state index contributed by atoms with van der Waals surface area (Å²) >= 11 is 0. The van der Waals surface area contributed by atoms with Crippen LogP contribution in [-0.2, 0) is 17.8 Å². The van der Waals surface area contributed by atoms with Gasteiger partial charge < -0.3 is 20.9 Å². The first-order valence-electron chi connectivity index (χ1n) is 9.10. The van der Waals surface area contributed by atoms with Crippen LogP contribution in [0.15, 0.2) is 42.6 Å². The minimum Gasteiger partial charge on any atom is -0.399 e. The largest absolute Gasteiger partial charge is 0.399 e. The van der Waals surface area contributed by atoms with Gasteiger partial charge >= 0.3 is 0 Å². The predicted octanol–water partition coefficient (Wildman–Crippen LogP) is 2.93. The Bertz CT molecular complexity index is 737. The lowest BCUT2D eigenvalue weighted by Crippen LogP contribution is -2.44. The van der Waals surface area contributed by atoms with Gasteiger partial charge in [-0.15, -0.1) is 37.2 Å². The van der Waals surface area contributed by atoms with E-state index in [1.54, 1.807) is 0 Å². The fourth-order valence-corrected chi connectivity index (χ4v) is 3.04. The van der Waals surface area contributed by atoms with Crippen LogP contribution < -0.4 is 16.0 Å². The number of carbonyl (C=O) groups is 1. The SMILES string of the molecule is CN1CCN(c2ccc(CNC(=O)CCc3ccccc3N)cn2)CC1.Cl.Cl.Cl. The number of rotatable bonds is 6. The summed E-state index contributed by atoms with van der Waals surface area (Å²) in [7, 11) is 2.14. The summed E-state index contributed by atoms with van der Waals surface area (Å²) in [5, 5.41) is 2.95. The quantitative estimate of drug-likeness (QED) is 0.646. The zero-order valence-electron chi connectivity index (χ0n) is 16.5. The van der Waals surface area contributed by atoms with Gasteiger partial charge in [0.25, 0.3) is 0 Å². The van der Waals surface area contributed by atoms with E-state index in [0.717, 1.165) is 48.8 Å². The molecule has 2 heterocycles. The molecule has 162 valence electrons. The van der Waals surface area contributed by atoms with Gasteiger partial charge in [0, 0.05) is 51.0 Å². The van der Waals surface area contributed by atoms with Gasteiger partial charge in [0.05, 0.1) is 0 Å². The monoisotopic (exact) mass is 461 g/mol. The normalized spacial score (nSPS) is 13.5. The van der Waals surface area contributed by atoms with E-state index in [1.165, 1.54) is 0 Å². The van der Waals surface area contributed by atoms with Crippen molar-refractivity contribution in [3.63, 3.8) is 0 Å². The Kier molecular flexibility index (Phi) is 12.7. The summed E-state index contributed by atoms with van der Waals surface area (Å²) in [5.41, 5.74) is 8.67. The second kappa shape index (κ2) is 13.5. The fourth-order valence-electron chi connectivity index (χ4n) is 3.04. The number of aryl methyl sites for hydroxylation is 1. The van der Waals surface area contributed by atoms with Crippen LogP contribution in [0, 0.1) is 0 Å². The van der Waals surface area contributed by atoms with Crippen molar-refractivity contribution < 1.29 is 4.79 Å². The van der Waals surface area contributed by atoms with Crippen LogP contribution in [-0.4, -0.2) is 49.0 Å². The number of nitrogens with two attached hydrogens (primary N) is 1. The standard InChI is InChI=1S/C20H27N5O.3ClH/c1-24-10-12-25(13-11-24)19-8-6-16(14-22-19)15-23-20(26)9-7-17-4-2-3-5-18(17)21;;;/h2-6,8,14H,7,9-13,15,21H2,1H3,(H,23,26);3*1H. The molecule has 1 aliphatic heterocycles. The lowest BCUT2D eigenvalue weighted by atomic mass is 10.1. The predicted molar refractivity (Wildman–Crippen MR) is 127 cm³/mol. The van der Waals surface area contributed by atoms with Crippen LogP contribution in [0.1, 0.15) is 17.5 Å². The zero-order valence-corrected chi connectivity index (χ0v) is 19.0. The summed E-state index contributed by atoms with van der Waals surface area (Å²) in [6.45, 7) is 4.63. The Morgan fingerprint density at radius 1 is 1.07 bits per heavy atom. The maximum atomic E-state index is 12.1. The number of pyridine rings is 1. The molecular weight excluding hydrogens is 433 g/mol. The Balaban J connectivity index is 0.00000261. The summed E-state index contributed by atoms with van der Waals surface area (Å²) in [6.07, 6.45) is 2.93. The molecule has 6 nitrogen and oxygen atoms in total. The summed E-state index contributed by atoms with van der Waals surface area (Å²) < 4.78 is 0. The van der Waals surface area contributed by atoms with Gasteiger partial charge in [-0.2, -0.15) is 0 Å². The van der Waals surface area contributed by atoms with Gasteiger partial charge in [-0.1, -0.05) is 24.3 Å². The number of carbonyl (C=O) groups excluding carboxylic acids is 1. The van der Waals surface area contributed by atoms with Crippen molar-refractivity contribution in [1.29, 1.82) is 0 Å². The van der Waals surface area contributed by atoms with Crippen molar-refractivity contribution in [1.82, 2.24) is 15.2 Å². The van der Waals surface area contributed by atoms with Gasteiger partial charge in [0.2, 0.25) is 5.91 Å². The molecule has 3 rings (SSSR count). The third kappa shape index (κ3) is 8.26. The molecule has 1 fully saturated rings. The van der Waals surface area contributed by atoms with Crippen molar-refractivity contribution in [2.24, 2.45) is 0 Å². The first-order chi connectivity index (χ1) is 12.6. The Morgan fingerprint density at radius 2 is 1.76 bits per heavy atom. The second-order valence-electron chi connectivity index (χ2n) is 6.79. The minimum atomic E-state index is 0. The average molecular weight is 463 g/mol. The van der Waals surface area contributed by atoms with E-state index in [0.29, 0.717) is 19.4 Å². The number of para-hydroxylation sites is 1. The van der Waals surface area contributed by atoms with Crippen LogP contribution >= 0.6 is 37.2 Å². The molecular formula is C20H30Cl3N5O. The number of piperazine rings is 1. The molecule has 29 heavy (non-hydrogen) atoms. The molecule has 1 saturated heterocycles. The lowest BCUT2D eigenvalue weighted by Gasteiger charge is -2.33. The number of likely N-dealkylation sites (N-methyl/N-ethyl adjacent to an activating group) is 1. The molecule has 9 heteroatoms. The second-order valence-corrected chi connectivity index (χ2v) is 6.79. The highest BCUT2D eigenvalue weighted by Crippen LogP contribution is 2.14. The molecule has 1 aliphatic rings. The van der Waals surface area contributed by atoms with E-state index in [9.17, 15) is 4.79 Å². The molecule has 0 atom stereocenters. The van der Waals surface area contributed by atoms with Crippen molar-refractivity contribution in [3.05, 3.63) is 53.7 Å². The number of hydrogen-bond acceptors (Lipinski definition) is 5. The number of aromatic nitrogens is 1. The molecule has 0 radical (unpaired) electrons. The van der Waals surface area contributed by atoms with E-state index < -0.39 is 0 Å². The van der Waals surface area contributed by atoms with Gasteiger partial charge in [-0.25, -0.2) is 4.98 Å². The van der Waals surface area contributed by atoms with Crippen LogP contribution in [0.3, 0.4) is 0 Å². The van der Waals surface area contributed by atoms with Crippen molar-refractivity contribution in [3.8, 4) is 0 Å². The van der Waals surface area contributed by atoms with E-state index in [2.05, 4.69) is 27.1 Å². The molecule has 0 saturated carbocycles. The average Bonchev–Trinajstić information content (AvgIpc) is 2.67. The Morgan fingerprint density at radius 3 is 2.38 bits per heavy atom. The Labute approximate surface area is 191 Å². The van der Waals surface area contributed by atoms with Crippen molar-refractivity contribution in [2.45, 2.75) is 19.4 Å². The third-order valence-corrected chi connectivity index (χ3v) is 4.80. The minimum absolute atomic E-state index is 0. The summed E-state index contributed by atoms with van der Waals surface area (Å²) in [6, 6.07) is 11.7. The highest BCUT2D eigenvalue weighted by Gasteiger charge is 2.15. The molecule has 2 aromatic rings. The number of halogens is 3. The van der Waals surface area contributed by atoms with Crippen LogP contribution in [0.25, 0.3) is 0 Å². The van der Waals surface area contributed by atoms with Crippen molar-refractivity contribution >= 4 is 54.6 Å². The van der Waals surface area contributed by atoms with Crippen LogP contribution in [0.2, 0.25) is 0 Å². The van der Waals surface area contributed by atoms with Gasteiger partial charge in [-0.3, -0.25) is 4.79 Å². The number of hydrogen-bond donors (Lipinski definition) is 2. The highest BCUT2D eigenvalue weighted by atomic mass is 35.5. The smallest absolute Gasteiger partial charge is 0.220 e. The Hall–Kier alpha value is -1.73. The molecule has 1 amide bonds. The van der Waals surface area contributed by atoms with Crippen molar-refractivity contribution in [2.75, 3.05) is 43.9 Å². The maximum absolute atomic E-state index is 12.1. The molecule has 1 aromatic carbocycles. The molecule has 3 N–H and O–H groups in total. The zero-order chi connectivity index (χ0) is 18.4. The number of amides is 1. The van der Waals surface area contributed by atoms with E-state index in [-0.39, 0.29) is 43.1 Å². The van der Waals surface area contributed by atoms with Crippen LogP contribution in [0.4, 0.5) is 11.5 Å². The first-order valence-corrected chi connectivity index (χ1v) is 9.10. The number of nitrogen functional groups attached to an aromatic ring is 1. The number of nitrogens with one attached hydrogen (secondary N) is 1. The molecule has 0 spiro atoms. The number of anilines is 2. The number of nitrogens with zero attached hydrogens (tertiary/aromatic N) is 3. The van der Waals surface area contributed by atoms with E-state index >= 15 is 0 Å². The number of benzene rings is 1. The molecule has 0 unspecified atom stereocenters.